The summed E-state index contributed by atoms with van der Waals surface area (Å²) < 4.78 is 0. The van der Waals surface area contributed by atoms with Crippen molar-refractivity contribution in [2.75, 3.05) is 6.54 Å². The molecule has 5 nitrogen and oxygen atoms in total. The van der Waals surface area contributed by atoms with E-state index in [-0.39, 0.29) is 5.91 Å². The van der Waals surface area contributed by atoms with Gasteiger partial charge in [-0.2, -0.15) is 5.90 Å². The first-order valence-electron chi connectivity index (χ1n) is 8.38. The Morgan fingerprint density at radius 3 is 1.90 bits per heavy atom. The molecule has 0 unspecified atom stereocenters. The second-order valence-corrected chi connectivity index (χ2v) is 5.51. The number of amides is 2. The fraction of sp³-hybridized carbons (Fsp3) is 0.875. The maximum Gasteiger partial charge on any atom is 0.435 e. The topological polar surface area (TPSA) is 72.6 Å². The second kappa shape index (κ2) is 13.9. The van der Waals surface area contributed by atoms with Crippen LogP contribution in [-0.2, 0) is 9.63 Å². The first-order valence-corrected chi connectivity index (χ1v) is 8.38. The molecule has 0 aliphatic heterocycles. The van der Waals surface area contributed by atoms with Crippen LogP contribution in [0.15, 0.2) is 0 Å². The minimum Gasteiger partial charge on any atom is -0.356 e. The molecule has 5 heteroatoms. The van der Waals surface area contributed by atoms with E-state index in [0.29, 0.717) is 13.0 Å². The molecule has 0 aliphatic carbocycles. The third-order valence-corrected chi connectivity index (χ3v) is 3.60. The first-order chi connectivity index (χ1) is 10.2. The number of rotatable bonds is 12. The van der Waals surface area contributed by atoms with E-state index in [1.54, 1.807) is 0 Å². The van der Waals surface area contributed by atoms with E-state index >= 15 is 0 Å². The molecule has 124 valence electrons. The summed E-state index contributed by atoms with van der Waals surface area (Å²) in [4.78, 5) is 29.0. The van der Waals surface area contributed by atoms with E-state index < -0.39 is 6.09 Å². The van der Waals surface area contributed by atoms with Crippen molar-refractivity contribution in [1.29, 1.82) is 0 Å². The molecule has 0 aliphatic rings. The highest BCUT2D eigenvalue weighted by Crippen LogP contribution is 2.10. The predicted molar refractivity (Wildman–Crippen MR) is 84.5 cm³/mol. The van der Waals surface area contributed by atoms with Crippen LogP contribution in [0.1, 0.15) is 84.5 Å². The Bertz CT molecular complexity index is 283. The molecule has 0 spiro atoms. The van der Waals surface area contributed by atoms with E-state index in [0.717, 1.165) is 43.4 Å². The van der Waals surface area contributed by atoms with Crippen molar-refractivity contribution < 1.29 is 14.4 Å². The molecule has 0 aromatic heterocycles. The van der Waals surface area contributed by atoms with Crippen molar-refractivity contribution in [3.05, 3.63) is 0 Å². The largest absolute Gasteiger partial charge is 0.435 e. The van der Waals surface area contributed by atoms with E-state index in [9.17, 15) is 9.59 Å². The van der Waals surface area contributed by atoms with Crippen LogP contribution in [0, 0.1) is 0 Å². The number of hydrogen-bond donors (Lipinski definition) is 1. The number of hydrogen-bond acceptors (Lipinski definition) is 4. The monoisotopic (exact) mass is 300 g/mol. The molecule has 0 rings (SSSR count). The quantitative estimate of drug-likeness (QED) is 0.434. The average molecular weight is 300 g/mol. The summed E-state index contributed by atoms with van der Waals surface area (Å²) in [6.45, 7) is 4.72. The molecular weight excluding hydrogens is 268 g/mol. The zero-order chi connectivity index (χ0) is 15.9. The van der Waals surface area contributed by atoms with Gasteiger partial charge in [0.15, 0.2) is 0 Å². The maximum atomic E-state index is 12.1. The van der Waals surface area contributed by atoms with Crippen molar-refractivity contribution in [2.24, 2.45) is 5.90 Å². The SMILES string of the molecule is CCCCCCCC(=O)N(CCCCCCC)C(=O)ON. The van der Waals surface area contributed by atoms with Gasteiger partial charge in [-0.1, -0.05) is 65.2 Å². The molecule has 2 amide bonds. The van der Waals surface area contributed by atoms with Crippen molar-refractivity contribution in [1.82, 2.24) is 4.90 Å². The summed E-state index contributed by atoms with van der Waals surface area (Å²) in [5.74, 6) is 4.74. The molecular formula is C16H32N2O3. The predicted octanol–water partition coefficient (Wildman–Crippen LogP) is 4.16. The first kappa shape index (κ1) is 19.9. The molecule has 0 atom stereocenters. The molecule has 0 aromatic carbocycles. The summed E-state index contributed by atoms with van der Waals surface area (Å²) in [7, 11) is 0. The van der Waals surface area contributed by atoms with Gasteiger partial charge in [0.05, 0.1) is 0 Å². The lowest BCUT2D eigenvalue weighted by Gasteiger charge is -2.18. The van der Waals surface area contributed by atoms with E-state index in [2.05, 4.69) is 18.7 Å². The smallest absolute Gasteiger partial charge is 0.356 e. The number of nitrogens with two attached hydrogens (primary N) is 1. The minimum atomic E-state index is -0.732. The Labute approximate surface area is 129 Å². The van der Waals surface area contributed by atoms with Gasteiger partial charge in [-0.05, 0) is 12.8 Å². The van der Waals surface area contributed by atoms with Crippen LogP contribution >= 0.6 is 0 Å². The van der Waals surface area contributed by atoms with Gasteiger partial charge in [-0.15, -0.1) is 0 Å². The van der Waals surface area contributed by atoms with Gasteiger partial charge in [0, 0.05) is 13.0 Å². The number of carbonyl (C=O) groups is 2. The fourth-order valence-corrected chi connectivity index (χ4v) is 2.27. The molecule has 0 aromatic rings. The van der Waals surface area contributed by atoms with E-state index in [1.165, 1.54) is 25.7 Å². The summed E-state index contributed by atoms with van der Waals surface area (Å²) in [5.41, 5.74) is 0. The van der Waals surface area contributed by atoms with Gasteiger partial charge in [0.2, 0.25) is 5.91 Å². The van der Waals surface area contributed by atoms with Gasteiger partial charge >= 0.3 is 6.09 Å². The van der Waals surface area contributed by atoms with Crippen molar-refractivity contribution in [3.63, 3.8) is 0 Å². The Kier molecular flexibility index (Phi) is 13.1. The summed E-state index contributed by atoms with van der Waals surface area (Å²) in [5, 5.41) is 0. The fourth-order valence-electron chi connectivity index (χ4n) is 2.27. The van der Waals surface area contributed by atoms with Gasteiger partial charge < -0.3 is 4.84 Å². The average Bonchev–Trinajstić information content (AvgIpc) is 2.49. The highest BCUT2D eigenvalue weighted by atomic mass is 16.7. The van der Waals surface area contributed by atoms with Gasteiger partial charge in [-0.3, -0.25) is 4.79 Å². The van der Waals surface area contributed by atoms with Crippen LogP contribution in [-0.4, -0.2) is 23.4 Å². The minimum absolute atomic E-state index is 0.169. The third-order valence-electron chi connectivity index (χ3n) is 3.60. The van der Waals surface area contributed by atoms with Crippen molar-refractivity contribution in [2.45, 2.75) is 84.5 Å². The Hall–Kier alpha value is -1.10. The molecule has 0 fully saturated rings. The molecule has 21 heavy (non-hydrogen) atoms. The van der Waals surface area contributed by atoms with Crippen LogP contribution in [0.4, 0.5) is 4.79 Å². The third kappa shape index (κ3) is 10.3. The molecule has 0 heterocycles. The van der Waals surface area contributed by atoms with Crippen LogP contribution < -0.4 is 5.90 Å². The summed E-state index contributed by atoms with van der Waals surface area (Å²) >= 11 is 0. The lowest BCUT2D eigenvalue weighted by atomic mass is 10.1. The van der Waals surface area contributed by atoms with Crippen LogP contribution in [0.5, 0.6) is 0 Å². The van der Waals surface area contributed by atoms with Gasteiger partial charge in [0.25, 0.3) is 0 Å². The molecule has 2 N–H and O–H groups in total. The Morgan fingerprint density at radius 1 is 0.857 bits per heavy atom. The van der Waals surface area contributed by atoms with Crippen molar-refractivity contribution >= 4 is 12.0 Å². The molecule has 0 saturated carbocycles. The number of nitrogens with zero attached hydrogens (tertiary/aromatic N) is 1. The zero-order valence-corrected chi connectivity index (χ0v) is 13.7. The van der Waals surface area contributed by atoms with Gasteiger partial charge in [0.1, 0.15) is 0 Å². The number of carbonyl (C=O) groups excluding carboxylic acids is 2. The number of imide groups is 1. The maximum absolute atomic E-state index is 12.1. The second-order valence-electron chi connectivity index (χ2n) is 5.51. The Morgan fingerprint density at radius 2 is 1.38 bits per heavy atom. The van der Waals surface area contributed by atoms with Crippen molar-refractivity contribution in [3.8, 4) is 0 Å². The standard InChI is InChI=1S/C16H32N2O3/c1-3-5-7-9-11-13-15(19)18(16(20)21-17)14-12-10-8-6-4-2/h3-14,17H2,1-2H3. The molecule has 0 saturated heterocycles. The summed E-state index contributed by atoms with van der Waals surface area (Å²) in [6, 6.07) is 0. The zero-order valence-electron chi connectivity index (χ0n) is 13.7. The van der Waals surface area contributed by atoms with Crippen LogP contribution in [0.3, 0.4) is 0 Å². The Balaban J connectivity index is 4.02. The van der Waals surface area contributed by atoms with Crippen LogP contribution in [0.25, 0.3) is 0 Å². The lowest BCUT2D eigenvalue weighted by Crippen LogP contribution is -2.39. The van der Waals surface area contributed by atoms with Crippen LogP contribution in [0.2, 0.25) is 0 Å². The summed E-state index contributed by atoms with van der Waals surface area (Å²) in [6.07, 6.45) is 10.4. The van der Waals surface area contributed by atoms with E-state index in [1.807, 2.05) is 0 Å². The molecule has 0 bridgehead atoms. The molecule has 0 radical (unpaired) electrons. The lowest BCUT2D eigenvalue weighted by molar-refractivity contribution is -0.129. The highest BCUT2D eigenvalue weighted by Gasteiger charge is 2.21. The van der Waals surface area contributed by atoms with E-state index in [4.69, 9.17) is 5.90 Å². The normalized spacial score (nSPS) is 10.4. The van der Waals surface area contributed by atoms with Gasteiger partial charge in [-0.25, -0.2) is 9.69 Å². The highest BCUT2D eigenvalue weighted by molar-refractivity contribution is 5.91. The number of unbranched alkanes of at least 4 members (excludes halogenated alkanes) is 8.